The van der Waals surface area contributed by atoms with Crippen LogP contribution >= 0.6 is 0 Å². The van der Waals surface area contributed by atoms with E-state index in [1.165, 1.54) is 5.56 Å². The lowest BCUT2D eigenvalue weighted by molar-refractivity contribution is 0.0474. The van der Waals surface area contributed by atoms with Crippen molar-refractivity contribution >= 4 is 5.71 Å². The molecule has 3 unspecified atom stereocenters. The zero-order valence-corrected chi connectivity index (χ0v) is 22.8. The van der Waals surface area contributed by atoms with Gasteiger partial charge in [-0.25, -0.2) is 4.99 Å². The molecule has 2 N–H and O–H groups in total. The lowest BCUT2D eigenvalue weighted by Crippen LogP contribution is -2.52. The molecule has 38 heavy (non-hydrogen) atoms. The van der Waals surface area contributed by atoms with Crippen LogP contribution in [0.5, 0.6) is 0 Å². The standard InChI is InChI=1S/C32H41N5O/c1-25-14-15-28(22-29(33)26-10-6-3-4-7-11-26)34-32(36-18-20-38-21-19-36)23-30(25)37-17-16-35(2)31(24-37)27-12-8-5-9-13-27/h3,5-13,22-23,25,30-31H,14-21,24,33H2,1-2H3/b29-22-,32-23+,34-28+. The SMILES string of the molecule is CC1CCC(/C=C(\N)C2=CC=C=CC=C2)=N\C(N2CCOCC2)=C/C1N1CCN(C)C(c2ccccc2)C1. The normalized spacial score (nSPS) is 30.5. The fraction of sp³-hybridized carbons (Fsp3) is 0.438. The highest BCUT2D eigenvalue weighted by Crippen LogP contribution is 2.31. The van der Waals surface area contributed by atoms with Crippen LogP contribution in [0.3, 0.4) is 0 Å². The summed E-state index contributed by atoms with van der Waals surface area (Å²) in [5, 5.41) is 0. The predicted molar refractivity (Wildman–Crippen MR) is 156 cm³/mol. The molecule has 0 spiro atoms. The van der Waals surface area contributed by atoms with Crippen LogP contribution in [0.15, 0.2) is 101 Å². The van der Waals surface area contributed by atoms with Gasteiger partial charge in [-0.3, -0.25) is 9.80 Å². The topological polar surface area (TPSA) is 57.3 Å². The zero-order valence-electron chi connectivity index (χ0n) is 22.8. The van der Waals surface area contributed by atoms with Crippen molar-refractivity contribution in [2.75, 3.05) is 53.0 Å². The molecule has 0 saturated carbocycles. The molecule has 1 aromatic rings. The summed E-state index contributed by atoms with van der Waals surface area (Å²) in [5.41, 5.74) is 13.8. The number of morpholine rings is 1. The summed E-state index contributed by atoms with van der Waals surface area (Å²) >= 11 is 0. The Morgan fingerprint density at radius 3 is 2.74 bits per heavy atom. The molecule has 6 nitrogen and oxygen atoms in total. The van der Waals surface area contributed by atoms with E-state index in [9.17, 15) is 0 Å². The molecule has 0 radical (unpaired) electrons. The zero-order chi connectivity index (χ0) is 26.3. The van der Waals surface area contributed by atoms with E-state index in [0.717, 1.165) is 81.6 Å². The number of benzene rings is 1. The number of nitrogens with zero attached hydrogens (tertiary/aromatic N) is 4. The van der Waals surface area contributed by atoms with E-state index in [1.807, 2.05) is 30.4 Å². The summed E-state index contributed by atoms with van der Waals surface area (Å²) in [7, 11) is 2.25. The molecule has 0 amide bonds. The van der Waals surface area contributed by atoms with Crippen LogP contribution in [0, 0.1) is 5.92 Å². The molecule has 200 valence electrons. The monoisotopic (exact) mass is 511 g/mol. The van der Waals surface area contributed by atoms with Gasteiger partial charge in [0, 0.05) is 56.2 Å². The third-order valence-electron chi connectivity index (χ3n) is 8.12. The van der Waals surface area contributed by atoms with E-state index < -0.39 is 0 Å². The van der Waals surface area contributed by atoms with Crippen molar-refractivity contribution in [2.45, 2.75) is 31.8 Å². The third-order valence-corrected chi connectivity index (χ3v) is 8.12. The van der Waals surface area contributed by atoms with Gasteiger partial charge in [-0.2, -0.15) is 0 Å². The number of nitrogens with two attached hydrogens (primary N) is 1. The molecule has 4 aliphatic rings. The van der Waals surface area contributed by atoms with Gasteiger partial charge in [-0.15, -0.1) is 5.73 Å². The molecule has 0 aromatic heterocycles. The Hall–Kier alpha value is -3.15. The molecule has 3 heterocycles. The van der Waals surface area contributed by atoms with Crippen molar-refractivity contribution in [1.82, 2.24) is 14.7 Å². The largest absolute Gasteiger partial charge is 0.398 e. The van der Waals surface area contributed by atoms with Crippen LogP contribution in [0.25, 0.3) is 0 Å². The number of allylic oxidation sites excluding steroid dienone is 5. The molecular weight excluding hydrogens is 470 g/mol. The molecule has 3 atom stereocenters. The van der Waals surface area contributed by atoms with Gasteiger partial charge in [0.25, 0.3) is 0 Å². The Kier molecular flexibility index (Phi) is 8.77. The molecule has 2 saturated heterocycles. The second kappa shape index (κ2) is 12.6. The predicted octanol–water partition coefficient (Wildman–Crippen LogP) is 4.44. The third kappa shape index (κ3) is 6.46. The summed E-state index contributed by atoms with van der Waals surface area (Å²) in [4.78, 5) is 12.8. The minimum atomic E-state index is 0.336. The van der Waals surface area contributed by atoms with Gasteiger partial charge >= 0.3 is 0 Å². The van der Waals surface area contributed by atoms with Crippen molar-refractivity contribution in [1.29, 1.82) is 0 Å². The maximum atomic E-state index is 6.56. The van der Waals surface area contributed by atoms with Crippen LogP contribution in [0.4, 0.5) is 0 Å². The first-order valence-electron chi connectivity index (χ1n) is 14.0. The molecule has 1 aromatic carbocycles. The fourth-order valence-electron chi connectivity index (χ4n) is 5.75. The van der Waals surface area contributed by atoms with E-state index in [2.05, 4.69) is 76.9 Å². The second-order valence-corrected chi connectivity index (χ2v) is 10.7. The first-order chi connectivity index (χ1) is 18.6. The lowest BCUT2D eigenvalue weighted by atomic mass is 9.90. The Morgan fingerprint density at radius 2 is 1.92 bits per heavy atom. The van der Waals surface area contributed by atoms with Gasteiger partial charge in [0.05, 0.1) is 13.2 Å². The fourth-order valence-corrected chi connectivity index (χ4v) is 5.75. The van der Waals surface area contributed by atoms with Crippen molar-refractivity contribution < 1.29 is 4.74 Å². The highest BCUT2D eigenvalue weighted by molar-refractivity contribution is 5.96. The maximum absolute atomic E-state index is 6.56. The van der Waals surface area contributed by atoms with Crippen molar-refractivity contribution in [3.05, 3.63) is 101 Å². The number of rotatable bonds is 5. The lowest BCUT2D eigenvalue weighted by Gasteiger charge is -2.45. The summed E-state index contributed by atoms with van der Waals surface area (Å²) in [5.74, 6) is 1.56. The van der Waals surface area contributed by atoms with Gasteiger partial charge < -0.3 is 15.4 Å². The number of aliphatic imine (C=N–C) groups is 1. The van der Waals surface area contributed by atoms with E-state index in [4.69, 9.17) is 15.5 Å². The van der Waals surface area contributed by atoms with Gasteiger partial charge in [0.15, 0.2) is 0 Å². The molecular formula is C32H41N5O. The van der Waals surface area contributed by atoms with Crippen LogP contribution < -0.4 is 5.73 Å². The smallest absolute Gasteiger partial charge is 0.126 e. The van der Waals surface area contributed by atoms with Gasteiger partial charge in [-0.1, -0.05) is 49.4 Å². The van der Waals surface area contributed by atoms with Gasteiger partial charge in [0.1, 0.15) is 5.82 Å². The summed E-state index contributed by atoms with van der Waals surface area (Å²) in [6.07, 6.45) is 16.3. The van der Waals surface area contributed by atoms with Crippen LogP contribution in [0.2, 0.25) is 0 Å². The van der Waals surface area contributed by atoms with Crippen molar-refractivity contribution in [3.8, 4) is 0 Å². The van der Waals surface area contributed by atoms with Crippen LogP contribution in [-0.4, -0.2) is 79.4 Å². The molecule has 3 aliphatic heterocycles. The van der Waals surface area contributed by atoms with Crippen molar-refractivity contribution in [2.24, 2.45) is 16.6 Å². The average molecular weight is 512 g/mol. The summed E-state index contributed by atoms with van der Waals surface area (Å²) in [6.45, 7) is 8.75. The first-order valence-corrected chi connectivity index (χ1v) is 14.0. The Morgan fingerprint density at radius 1 is 1.11 bits per heavy atom. The van der Waals surface area contributed by atoms with Crippen LogP contribution in [0.1, 0.15) is 31.4 Å². The quantitative estimate of drug-likeness (QED) is 0.593. The highest BCUT2D eigenvalue weighted by atomic mass is 16.5. The Balaban J connectivity index is 1.45. The van der Waals surface area contributed by atoms with E-state index in [0.29, 0.717) is 18.0 Å². The first kappa shape index (κ1) is 26.5. The molecule has 6 heteroatoms. The van der Waals surface area contributed by atoms with E-state index in [1.54, 1.807) is 0 Å². The molecule has 2 fully saturated rings. The van der Waals surface area contributed by atoms with E-state index in [-0.39, 0.29) is 0 Å². The minimum Gasteiger partial charge on any atom is -0.398 e. The Bertz CT molecular complexity index is 1180. The van der Waals surface area contributed by atoms with Crippen LogP contribution in [-0.2, 0) is 4.74 Å². The van der Waals surface area contributed by atoms with Crippen molar-refractivity contribution in [3.63, 3.8) is 0 Å². The highest BCUT2D eigenvalue weighted by Gasteiger charge is 2.33. The minimum absolute atomic E-state index is 0.336. The molecule has 1 aliphatic carbocycles. The number of hydrogen-bond acceptors (Lipinski definition) is 6. The van der Waals surface area contributed by atoms with E-state index >= 15 is 0 Å². The average Bonchev–Trinajstić information content (AvgIpc) is 3.24. The van der Waals surface area contributed by atoms with Gasteiger partial charge in [-0.05, 0) is 67.3 Å². The Labute approximate surface area is 227 Å². The number of piperazine rings is 1. The maximum Gasteiger partial charge on any atom is 0.126 e. The number of likely N-dealkylation sites (N-methyl/N-ethyl adjacent to an activating group) is 1. The summed E-state index contributed by atoms with van der Waals surface area (Å²) in [6, 6.07) is 11.7. The second-order valence-electron chi connectivity index (χ2n) is 10.7. The molecule has 0 bridgehead atoms. The van der Waals surface area contributed by atoms with Gasteiger partial charge in [0.2, 0.25) is 0 Å². The molecule has 5 rings (SSSR count). The number of hydrogen-bond donors (Lipinski definition) is 1. The summed E-state index contributed by atoms with van der Waals surface area (Å²) < 4.78 is 5.68. The number of ether oxygens (including phenoxy) is 1.